The Bertz CT molecular complexity index is 3610. The Morgan fingerprint density at radius 3 is 1.12 bits per heavy atom. The van der Waals surface area contributed by atoms with Gasteiger partial charge in [-0.15, -0.1) is 0 Å². The number of ether oxygens (including phenoxy) is 18. The van der Waals surface area contributed by atoms with Gasteiger partial charge in [-0.2, -0.15) is 0 Å². The van der Waals surface area contributed by atoms with Crippen LogP contribution in [0.4, 0.5) is 0 Å². The van der Waals surface area contributed by atoms with E-state index in [9.17, 15) is 177 Å². The van der Waals surface area contributed by atoms with E-state index >= 15 is 0 Å². The van der Waals surface area contributed by atoms with Crippen LogP contribution in [-0.4, -0.2) is 556 Å². The molecule has 5 amide bonds. The van der Waals surface area contributed by atoms with E-state index in [1.807, 2.05) is 0 Å². The van der Waals surface area contributed by atoms with Crippen LogP contribution in [0.1, 0.15) is 48.0 Å². The molecule has 9 aliphatic rings. The zero-order valence-corrected chi connectivity index (χ0v) is 70.8. The predicted molar refractivity (Wildman–Crippen MR) is 406 cm³/mol. The van der Waals surface area contributed by atoms with Crippen LogP contribution in [0.3, 0.4) is 0 Å². The maximum absolute atomic E-state index is 13.3. The van der Waals surface area contributed by atoms with Crippen molar-refractivity contribution in [1.82, 2.24) is 26.6 Å². The minimum absolute atomic E-state index is 0.785. The fourth-order valence-electron chi connectivity index (χ4n) is 16.6. The lowest BCUT2D eigenvalue weighted by molar-refractivity contribution is -0.400. The minimum atomic E-state index is -3.33. The van der Waals surface area contributed by atoms with Crippen LogP contribution in [-0.2, 0) is 114 Å². The summed E-state index contributed by atoms with van der Waals surface area (Å²) in [5.74, 6) is -10.2. The highest BCUT2D eigenvalue weighted by Gasteiger charge is 2.64. The fraction of sp³-hybridized carbons (Fsp3) is 0.918. The number of carbonyl (C=O) groups is 6. The van der Waals surface area contributed by atoms with Gasteiger partial charge in [0, 0.05) is 41.0 Å². The van der Waals surface area contributed by atoms with Crippen LogP contribution < -0.4 is 26.6 Å². The molecule has 9 rings (SSSR count). The summed E-state index contributed by atoms with van der Waals surface area (Å²) < 4.78 is 107. The summed E-state index contributed by atoms with van der Waals surface area (Å²) in [5.41, 5.74) is 0. The first kappa shape index (κ1) is 110. The van der Waals surface area contributed by atoms with Crippen molar-refractivity contribution in [2.24, 2.45) is 0 Å². The Kier molecular flexibility index (Phi) is 40.2. The van der Waals surface area contributed by atoms with Crippen LogP contribution in [0.25, 0.3) is 0 Å². The molecule has 0 aromatic heterocycles. The maximum Gasteiger partial charge on any atom is 0.364 e. The SMILES string of the molecule is CC(=O)N[C@H]1[C@H](O[C@@H]([C@H](O)[C@H](CO)NC(C)=O)[C@@H](C)O)O[C@H](CO)[C@@H](O[C@@H]2O[C@H](CO[C@H]3O[C@H](CO)[C@@H](O)[C@H](O)[C@@H]3O[C@H]3O[C@H](CO)[C@@H](O[C@@H]4O[C@H](CO)[C@H](O)[C@H](O)[C@H]4O)[C@H](O)[C@H]3NC(C)=O)[C@@H](O)[C@H](O[C@H]3O[C@H](CO)[C@@H](O)[C@H](O)[C@@H]3O[C@H]3O[C@H](CO)[C@@H](O[C@@H]4O[C@H](CO)[C@H](O)[C@H](O[C@]5(C(=O)O)C[C@H](O)[C@@H](NC(C)=O)[C@H]([C@H](O)[C@H](O)CO)O5)[C@H]4O)[C@H](O)[C@H]3NC(C)=O)[C@@H]2O)[C@@H]1O. The van der Waals surface area contributed by atoms with Crippen molar-refractivity contribution in [3.63, 3.8) is 0 Å². The van der Waals surface area contributed by atoms with Crippen molar-refractivity contribution in [2.75, 3.05) is 66.1 Å². The second kappa shape index (κ2) is 48.0. The number of nitrogens with one attached hydrogen (secondary N) is 5. The molecule has 0 saturated carbocycles. The molecule has 0 aromatic rings. The molecule has 9 heterocycles. The Morgan fingerprint density at radius 1 is 0.359 bits per heavy atom. The third-order valence-corrected chi connectivity index (χ3v) is 23.4. The highest BCUT2D eigenvalue weighted by Crippen LogP contribution is 2.43. The highest BCUT2D eigenvalue weighted by molar-refractivity contribution is 5.77. The van der Waals surface area contributed by atoms with Crippen LogP contribution in [0.5, 0.6) is 0 Å². The number of rotatable bonds is 39. The van der Waals surface area contributed by atoms with E-state index in [2.05, 4.69) is 26.6 Å². The van der Waals surface area contributed by atoms with Gasteiger partial charge in [-0.05, 0) is 6.92 Å². The van der Waals surface area contributed by atoms with Crippen LogP contribution in [0, 0.1) is 0 Å². The van der Waals surface area contributed by atoms with Crippen molar-refractivity contribution < 1.29 is 262 Å². The fourth-order valence-corrected chi connectivity index (χ4v) is 16.6. The number of carbonyl (C=O) groups excluding carboxylic acids is 5. The summed E-state index contributed by atoms with van der Waals surface area (Å²) in [7, 11) is 0. The summed E-state index contributed by atoms with van der Waals surface area (Å²) in [6, 6.07) is -9.41. The summed E-state index contributed by atoms with van der Waals surface area (Å²) in [6.07, 6.45) is -98.4. The first-order valence-corrected chi connectivity index (χ1v) is 41.5. The van der Waals surface area contributed by atoms with E-state index in [4.69, 9.17) is 85.3 Å². The molecule has 758 valence electrons. The molecule has 0 bridgehead atoms. The molecular formula is C73H123N5O53. The summed E-state index contributed by atoms with van der Waals surface area (Å²) in [6.45, 7) is -6.10. The molecule has 0 spiro atoms. The third-order valence-electron chi connectivity index (χ3n) is 23.4. The molecule has 0 unspecified atom stereocenters. The number of aliphatic hydroxyl groups is 28. The van der Waals surface area contributed by atoms with Gasteiger partial charge in [0.05, 0.1) is 90.4 Å². The average molecular weight is 1920 g/mol. The molecule has 9 saturated heterocycles. The Morgan fingerprint density at radius 2 is 0.710 bits per heavy atom. The molecule has 58 nitrogen and oxygen atoms in total. The first-order valence-electron chi connectivity index (χ1n) is 41.5. The number of carboxylic acids is 1. The van der Waals surface area contributed by atoms with Crippen LogP contribution in [0.15, 0.2) is 0 Å². The maximum atomic E-state index is 13.3. The van der Waals surface area contributed by atoms with Crippen molar-refractivity contribution in [2.45, 2.75) is 354 Å². The minimum Gasteiger partial charge on any atom is -0.477 e. The standard InChI is InChI=1S/C73H123N5O53/c1-18(88)55(39(96)24(8-79)74-19(2)89)123-64-36(76-21(4)91)46(103)57(32(15-86)119-64)125-68-53(110)60(45(102)34(122-68)17-114-70-62(50(107)42(99)28(11-82)117-70)128-65-37(77-22(5)92)47(104)56(31(14-85)120-65)124-67-52(109)49(106)41(98)27(10-81)115-67)127-71-63(51(108)43(100)29(12-83)118-71)129-66-38(78-23(6)93)48(105)58(33(16-87)121-66)126-69-54(111)61(44(101)30(13-84)116-69)131-73(72(112)113)7-25(94)35(75-20(3)90)59(130-73)40(97)26(95)9-80/h18,24-71,79-88,94-111H,7-17H2,1-6H3,(H,74,89)(H,75,90)(H,76,91)(H,77,92)(H,78,93)(H,112,113)/t18-,24+,25+,26-,27-,28-,29-,30-,31-,32-,33-,34-,35-,36-,37-,38-,39-,40-,41+,42-,43-,44+,45-,46-,47-,48-,49+,50+,51+,52-,53+,54-,55-,56-,57-,58-,59-,60+,61+,62+,63+,64+,65-,66-,67+,68+,69+,70+,71-,73+/m1/s1. The molecule has 0 aromatic carbocycles. The molecular weight excluding hydrogens is 1790 g/mol. The first-order chi connectivity index (χ1) is 61.7. The Labute approximate surface area is 742 Å². The lowest BCUT2D eigenvalue weighted by Gasteiger charge is -2.51. The van der Waals surface area contributed by atoms with E-state index in [1.54, 1.807) is 0 Å². The van der Waals surface area contributed by atoms with Gasteiger partial charge >= 0.3 is 5.97 Å². The monoisotopic (exact) mass is 1920 g/mol. The summed E-state index contributed by atoms with van der Waals surface area (Å²) >= 11 is 0. The highest BCUT2D eigenvalue weighted by atomic mass is 16.8. The number of hydrogen-bond donors (Lipinski definition) is 34. The number of carboxylic acid groups (broad SMARTS) is 1. The van der Waals surface area contributed by atoms with Gasteiger partial charge < -0.3 is 260 Å². The van der Waals surface area contributed by atoms with E-state index in [0.717, 1.165) is 41.5 Å². The topological polar surface area (TPSA) is 915 Å². The molecule has 0 radical (unpaired) electrons. The second-order valence-corrected chi connectivity index (χ2v) is 32.9. The number of aliphatic carboxylic acids is 1. The van der Waals surface area contributed by atoms with Gasteiger partial charge in [0.1, 0.15) is 226 Å². The predicted octanol–water partition coefficient (Wildman–Crippen LogP) is -22.2. The Balaban J connectivity index is 1.05. The molecule has 50 atom stereocenters. The molecule has 9 fully saturated rings. The smallest absolute Gasteiger partial charge is 0.364 e. The second-order valence-electron chi connectivity index (χ2n) is 32.9. The van der Waals surface area contributed by atoms with Crippen molar-refractivity contribution in [1.29, 1.82) is 0 Å². The third kappa shape index (κ3) is 25.0. The van der Waals surface area contributed by atoms with Gasteiger partial charge in [0.2, 0.25) is 29.5 Å². The Hall–Kier alpha value is -5.02. The molecule has 58 heteroatoms. The van der Waals surface area contributed by atoms with Crippen LogP contribution >= 0.6 is 0 Å². The van der Waals surface area contributed by atoms with E-state index in [-0.39, 0.29) is 0 Å². The van der Waals surface area contributed by atoms with Gasteiger partial charge in [-0.3, -0.25) is 24.0 Å². The van der Waals surface area contributed by atoms with Crippen molar-refractivity contribution in [3.05, 3.63) is 0 Å². The largest absolute Gasteiger partial charge is 0.477 e. The molecule has 131 heavy (non-hydrogen) atoms. The number of aliphatic hydroxyl groups excluding tert-OH is 28. The molecule has 34 N–H and O–H groups in total. The van der Waals surface area contributed by atoms with Gasteiger partial charge in [-0.25, -0.2) is 4.79 Å². The van der Waals surface area contributed by atoms with Crippen molar-refractivity contribution in [3.8, 4) is 0 Å². The summed E-state index contributed by atoms with van der Waals surface area (Å²) in [5, 5.41) is 337. The zero-order valence-electron chi connectivity index (χ0n) is 70.8. The van der Waals surface area contributed by atoms with Gasteiger partial charge in [-0.1, -0.05) is 0 Å². The van der Waals surface area contributed by atoms with Gasteiger partial charge in [0.15, 0.2) is 50.3 Å². The number of hydrogen-bond acceptors (Lipinski definition) is 52. The zero-order chi connectivity index (χ0) is 97.3. The lowest BCUT2D eigenvalue weighted by Crippen LogP contribution is -2.71. The summed E-state index contributed by atoms with van der Waals surface area (Å²) in [4.78, 5) is 77.0. The molecule has 9 aliphatic heterocycles. The average Bonchev–Trinajstić information content (AvgIpc) is 0.753. The van der Waals surface area contributed by atoms with Gasteiger partial charge in [0.25, 0.3) is 5.79 Å². The lowest BCUT2D eigenvalue weighted by atomic mass is 9.88. The quantitative estimate of drug-likeness (QED) is 0.0272. The molecule has 0 aliphatic carbocycles. The van der Waals surface area contributed by atoms with E-state index in [0.29, 0.717) is 0 Å². The number of amides is 5. The van der Waals surface area contributed by atoms with E-state index in [1.165, 1.54) is 0 Å². The van der Waals surface area contributed by atoms with E-state index < -0.39 is 414 Å². The van der Waals surface area contributed by atoms with Crippen molar-refractivity contribution >= 4 is 35.5 Å². The van der Waals surface area contributed by atoms with Crippen LogP contribution in [0.2, 0.25) is 0 Å². The normalized spacial score (nSPS) is 45.0.